The molecule has 0 fully saturated rings. The standard InChI is InChI=1S/C16H12N2O5/c1-20-13-7-10(2-4-11(13)19)16-17-15(18-23-16)9-3-5-12-14(6-9)22-8-21-12/h2-7,19H,8H2,1H3. The maximum absolute atomic E-state index is 9.64. The summed E-state index contributed by atoms with van der Waals surface area (Å²) in [5.41, 5.74) is 1.41. The molecule has 23 heavy (non-hydrogen) atoms. The molecule has 1 aliphatic rings. The van der Waals surface area contributed by atoms with Gasteiger partial charge in [-0.15, -0.1) is 0 Å². The highest BCUT2D eigenvalue weighted by atomic mass is 16.7. The number of benzene rings is 2. The summed E-state index contributed by atoms with van der Waals surface area (Å²) >= 11 is 0. The van der Waals surface area contributed by atoms with Crippen molar-refractivity contribution in [2.45, 2.75) is 0 Å². The predicted molar refractivity (Wildman–Crippen MR) is 79.5 cm³/mol. The van der Waals surface area contributed by atoms with Crippen LogP contribution in [0, 0.1) is 0 Å². The van der Waals surface area contributed by atoms with Gasteiger partial charge in [0.05, 0.1) is 7.11 Å². The van der Waals surface area contributed by atoms with Gasteiger partial charge in [0.25, 0.3) is 5.89 Å². The van der Waals surface area contributed by atoms with Crippen LogP contribution in [0.3, 0.4) is 0 Å². The normalized spacial score (nSPS) is 12.4. The molecule has 0 bridgehead atoms. The molecule has 0 atom stereocenters. The molecule has 7 heteroatoms. The van der Waals surface area contributed by atoms with Gasteiger partial charge in [0, 0.05) is 11.1 Å². The fourth-order valence-electron chi connectivity index (χ4n) is 2.30. The number of rotatable bonds is 3. The van der Waals surface area contributed by atoms with Crippen molar-refractivity contribution in [3.05, 3.63) is 36.4 Å². The molecule has 3 aromatic rings. The van der Waals surface area contributed by atoms with E-state index >= 15 is 0 Å². The average molecular weight is 312 g/mol. The maximum Gasteiger partial charge on any atom is 0.258 e. The van der Waals surface area contributed by atoms with Gasteiger partial charge in [0.15, 0.2) is 23.0 Å². The lowest BCUT2D eigenvalue weighted by molar-refractivity contribution is 0.174. The monoisotopic (exact) mass is 312 g/mol. The Kier molecular flexibility index (Phi) is 3.04. The van der Waals surface area contributed by atoms with Crippen LogP contribution in [-0.4, -0.2) is 29.1 Å². The van der Waals surface area contributed by atoms with Gasteiger partial charge in [-0.3, -0.25) is 0 Å². The summed E-state index contributed by atoms with van der Waals surface area (Å²) in [4.78, 5) is 4.37. The molecule has 0 amide bonds. The van der Waals surface area contributed by atoms with Crippen molar-refractivity contribution in [2.24, 2.45) is 0 Å². The van der Waals surface area contributed by atoms with E-state index in [2.05, 4.69) is 10.1 Å². The number of hydrogen-bond acceptors (Lipinski definition) is 7. The Morgan fingerprint density at radius 3 is 2.74 bits per heavy atom. The lowest BCUT2D eigenvalue weighted by atomic mass is 10.2. The third kappa shape index (κ3) is 2.32. The van der Waals surface area contributed by atoms with Gasteiger partial charge in [-0.25, -0.2) is 0 Å². The van der Waals surface area contributed by atoms with E-state index < -0.39 is 0 Å². The minimum absolute atomic E-state index is 0.0479. The molecule has 0 saturated carbocycles. The van der Waals surface area contributed by atoms with E-state index in [1.54, 1.807) is 24.3 Å². The second-order valence-corrected chi connectivity index (χ2v) is 4.88. The van der Waals surface area contributed by atoms with Crippen molar-refractivity contribution in [2.75, 3.05) is 13.9 Å². The van der Waals surface area contributed by atoms with Crippen LogP contribution in [0.25, 0.3) is 22.8 Å². The Balaban J connectivity index is 1.69. The van der Waals surface area contributed by atoms with Crippen LogP contribution < -0.4 is 14.2 Å². The number of methoxy groups -OCH3 is 1. The molecule has 2 aromatic carbocycles. The first-order valence-electron chi connectivity index (χ1n) is 6.86. The second kappa shape index (κ2) is 5.20. The van der Waals surface area contributed by atoms with Crippen LogP contribution in [0.5, 0.6) is 23.0 Å². The number of nitrogens with zero attached hydrogens (tertiary/aromatic N) is 2. The van der Waals surface area contributed by atoms with E-state index in [0.29, 0.717) is 34.5 Å². The van der Waals surface area contributed by atoms with Crippen molar-refractivity contribution in [1.29, 1.82) is 0 Å². The maximum atomic E-state index is 9.64. The third-order valence-electron chi connectivity index (χ3n) is 3.48. The molecule has 1 aromatic heterocycles. The van der Waals surface area contributed by atoms with Crippen molar-refractivity contribution in [3.8, 4) is 45.8 Å². The quantitative estimate of drug-likeness (QED) is 0.795. The van der Waals surface area contributed by atoms with Gasteiger partial charge in [0.1, 0.15) is 0 Å². The summed E-state index contributed by atoms with van der Waals surface area (Å²) in [6, 6.07) is 10.3. The molecule has 1 aliphatic heterocycles. The predicted octanol–water partition coefficient (Wildman–Crippen LogP) is 2.85. The largest absolute Gasteiger partial charge is 0.504 e. The molecule has 4 rings (SSSR count). The number of phenolic OH excluding ortho intramolecular Hbond substituents is 1. The fraction of sp³-hybridized carbons (Fsp3) is 0.125. The zero-order valence-corrected chi connectivity index (χ0v) is 12.1. The second-order valence-electron chi connectivity index (χ2n) is 4.88. The summed E-state index contributed by atoms with van der Waals surface area (Å²) < 4.78 is 21.0. The molecule has 0 saturated heterocycles. The molecule has 116 valence electrons. The van der Waals surface area contributed by atoms with Crippen LogP contribution >= 0.6 is 0 Å². The van der Waals surface area contributed by atoms with Gasteiger partial charge >= 0.3 is 0 Å². The molecular formula is C16H12N2O5. The zero-order chi connectivity index (χ0) is 15.8. The van der Waals surface area contributed by atoms with E-state index in [1.807, 2.05) is 6.07 Å². The van der Waals surface area contributed by atoms with Gasteiger partial charge in [-0.1, -0.05) is 5.16 Å². The summed E-state index contributed by atoms with van der Waals surface area (Å²) in [6.45, 7) is 0.212. The highest BCUT2D eigenvalue weighted by molar-refractivity contribution is 5.65. The Hall–Kier alpha value is -3.22. The number of aromatic nitrogens is 2. The number of hydrogen-bond donors (Lipinski definition) is 1. The Bertz CT molecular complexity index is 849. The number of ether oxygens (including phenoxy) is 3. The van der Waals surface area contributed by atoms with Crippen LogP contribution in [0.4, 0.5) is 0 Å². The summed E-state index contributed by atoms with van der Waals surface area (Å²) in [5.74, 6) is 2.50. The van der Waals surface area contributed by atoms with Gasteiger partial charge in [0.2, 0.25) is 12.6 Å². The molecule has 0 spiro atoms. The lowest BCUT2D eigenvalue weighted by Gasteiger charge is -2.03. The Morgan fingerprint density at radius 2 is 1.87 bits per heavy atom. The van der Waals surface area contributed by atoms with Crippen LogP contribution in [0.15, 0.2) is 40.9 Å². The first-order chi connectivity index (χ1) is 11.2. The van der Waals surface area contributed by atoms with Crippen molar-refractivity contribution < 1.29 is 23.8 Å². The molecule has 1 N–H and O–H groups in total. The summed E-state index contributed by atoms with van der Waals surface area (Å²) in [5, 5.41) is 13.6. The Labute approximate surface area is 131 Å². The number of aromatic hydroxyl groups is 1. The molecule has 7 nitrogen and oxygen atoms in total. The van der Waals surface area contributed by atoms with E-state index in [9.17, 15) is 5.11 Å². The summed E-state index contributed by atoms with van der Waals surface area (Å²) in [7, 11) is 1.48. The van der Waals surface area contributed by atoms with Crippen LogP contribution in [0.1, 0.15) is 0 Å². The molecular weight excluding hydrogens is 300 g/mol. The van der Waals surface area contributed by atoms with Gasteiger partial charge in [-0.2, -0.15) is 4.98 Å². The fourth-order valence-corrected chi connectivity index (χ4v) is 2.30. The van der Waals surface area contributed by atoms with Gasteiger partial charge < -0.3 is 23.8 Å². The van der Waals surface area contributed by atoms with Gasteiger partial charge in [-0.05, 0) is 36.4 Å². The first-order valence-corrected chi connectivity index (χ1v) is 6.86. The van der Waals surface area contributed by atoms with E-state index in [1.165, 1.54) is 13.2 Å². The lowest BCUT2D eigenvalue weighted by Crippen LogP contribution is -1.92. The molecule has 2 heterocycles. The van der Waals surface area contributed by atoms with Crippen LogP contribution in [-0.2, 0) is 0 Å². The smallest absolute Gasteiger partial charge is 0.258 e. The van der Waals surface area contributed by atoms with Crippen molar-refractivity contribution in [1.82, 2.24) is 10.1 Å². The molecule has 0 unspecified atom stereocenters. The SMILES string of the molecule is COc1cc(-c2nc(-c3ccc4c(c3)OCO4)no2)ccc1O. The number of fused-ring (bicyclic) bond motifs is 1. The van der Waals surface area contributed by atoms with E-state index in [-0.39, 0.29) is 12.5 Å². The minimum Gasteiger partial charge on any atom is -0.504 e. The van der Waals surface area contributed by atoms with E-state index in [4.69, 9.17) is 18.7 Å². The zero-order valence-electron chi connectivity index (χ0n) is 12.1. The molecule has 0 radical (unpaired) electrons. The van der Waals surface area contributed by atoms with Crippen molar-refractivity contribution >= 4 is 0 Å². The average Bonchev–Trinajstić information content (AvgIpc) is 3.23. The molecule has 0 aliphatic carbocycles. The van der Waals surface area contributed by atoms with Crippen LogP contribution in [0.2, 0.25) is 0 Å². The first kappa shape index (κ1) is 13.4. The highest BCUT2D eigenvalue weighted by Crippen LogP contribution is 2.36. The Morgan fingerprint density at radius 1 is 1.04 bits per heavy atom. The minimum atomic E-state index is 0.0479. The summed E-state index contributed by atoms with van der Waals surface area (Å²) in [6.07, 6.45) is 0. The number of phenols is 1. The highest BCUT2D eigenvalue weighted by Gasteiger charge is 2.17. The van der Waals surface area contributed by atoms with Crippen molar-refractivity contribution in [3.63, 3.8) is 0 Å². The third-order valence-corrected chi connectivity index (χ3v) is 3.48. The van der Waals surface area contributed by atoms with E-state index in [0.717, 1.165) is 5.56 Å². The topological polar surface area (TPSA) is 86.8 Å².